The van der Waals surface area contributed by atoms with Crippen LogP contribution >= 0.6 is 11.8 Å². The van der Waals surface area contributed by atoms with Crippen LogP contribution in [0.1, 0.15) is 40.5 Å². The van der Waals surface area contributed by atoms with E-state index in [2.05, 4.69) is 26.8 Å². The Bertz CT molecular complexity index is 194. The highest BCUT2D eigenvalue weighted by atomic mass is 32.2. The number of rotatable bonds is 6. The zero-order valence-electron chi connectivity index (χ0n) is 9.71. The summed E-state index contributed by atoms with van der Waals surface area (Å²) >= 11 is 1.97. The summed E-state index contributed by atoms with van der Waals surface area (Å²) in [7, 11) is 0. The highest BCUT2D eigenvalue weighted by molar-refractivity contribution is 7.99. The van der Waals surface area contributed by atoms with Gasteiger partial charge < -0.3 is 5.73 Å². The monoisotopic (exact) mass is 214 g/mol. The predicted molar refractivity (Wildman–Crippen MR) is 64.2 cm³/mol. The molecular formula is C11H22N2S. The van der Waals surface area contributed by atoms with Crippen molar-refractivity contribution in [3.8, 4) is 6.07 Å². The molecule has 0 amide bonds. The summed E-state index contributed by atoms with van der Waals surface area (Å²) in [5, 5.41) is 9.40. The summed E-state index contributed by atoms with van der Waals surface area (Å²) < 4.78 is 0. The van der Waals surface area contributed by atoms with Crippen LogP contribution in [0.15, 0.2) is 0 Å². The van der Waals surface area contributed by atoms with Crippen LogP contribution in [0.5, 0.6) is 0 Å². The molecule has 0 fully saturated rings. The third-order valence-electron chi connectivity index (χ3n) is 2.42. The van der Waals surface area contributed by atoms with Crippen LogP contribution in [0, 0.1) is 17.2 Å². The van der Waals surface area contributed by atoms with Crippen molar-refractivity contribution in [3.63, 3.8) is 0 Å². The maximum Gasteiger partial charge on any atom is 0.101 e. The van der Waals surface area contributed by atoms with E-state index in [1.807, 2.05) is 11.8 Å². The molecule has 0 rings (SSSR count). The summed E-state index contributed by atoms with van der Waals surface area (Å²) in [4.78, 5) is 0. The molecule has 3 heteroatoms. The second-order valence-electron chi connectivity index (χ2n) is 4.45. The van der Waals surface area contributed by atoms with Crippen LogP contribution in [0.25, 0.3) is 0 Å². The van der Waals surface area contributed by atoms with Crippen LogP contribution in [0.3, 0.4) is 0 Å². The molecule has 0 heterocycles. The van der Waals surface area contributed by atoms with Crippen molar-refractivity contribution in [1.29, 1.82) is 5.26 Å². The molecule has 0 radical (unpaired) electrons. The lowest BCUT2D eigenvalue weighted by atomic mass is 10.0. The molecule has 2 unspecified atom stereocenters. The molecule has 0 aromatic rings. The van der Waals surface area contributed by atoms with Gasteiger partial charge in [0.25, 0.3) is 0 Å². The summed E-state index contributed by atoms with van der Waals surface area (Å²) in [6.45, 7) is 8.52. The van der Waals surface area contributed by atoms with E-state index in [0.29, 0.717) is 5.25 Å². The summed E-state index contributed by atoms with van der Waals surface area (Å²) in [5.74, 6) is 1.83. The van der Waals surface area contributed by atoms with E-state index in [9.17, 15) is 0 Å². The summed E-state index contributed by atoms with van der Waals surface area (Å²) in [6, 6.07) is 2.12. The molecule has 0 aromatic carbocycles. The van der Waals surface area contributed by atoms with Crippen LogP contribution in [-0.4, -0.2) is 16.5 Å². The van der Waals surface area contributed by atoms with Crippen molar-refractivity contribution >= 4 is 11.8 Å². The molecule has 0 bridgehead atoms. The summed E-state index contributed by atoms with van der Waals surface area (Å²) in [6.07, 6.45) is 1.82. The fraction of sp³-hybridized carbons (Fsp3) is 0.909. The molecule has 14 heavy (non-hydrogen) atoms. The predicted octanol–water partition coefficient (Wildman–Crippen LogP) is 2.79. The quantitative estimate of drug-likeness (QED) is 0.692. The van der Waals surface area contributed by atoms with Gasteiger partial charge in [-0.1, -0.05) is 20.8 Å². The lowest BCUT2D eigenvalue weighted by Gasteiger charge is -2.17. The van der Waals surface area contributed by atoms with E-state index >= 15 is 0 Å². The van der Waals surface area contributed by atoms with Gasteiger partial charge in [0.15, 0.2) is 0 Å². The molecule has 0 aliphatic heterocycles. The van der Waals surface area contributed by atoms with E-state index in [0.717, 1.165) is 24.5 Å². The third kappa shape index (κ3) is 6.28. The number of hydrogen-bond acceptors (Lipinski definition) is 3. The molecule has 0 aromatic heterocycles. The van der Waals surface area contributed by atoms with E-state index < -0.39 is 5.54 Å². The van der Waals surface area contributed by atoms with Crippen LogP contribution in [-0.2, 0) is 0 Å². The SMILES string of the molecule is CC(C)C(C)SCCCC(C)(N)C#N. The second kappa shape index (κ2) is 6.31. The first-order valence-electron chi connectivity index (χ1n) is 5.21. The lowest BCUT2D eigenvalue weighted by molar-refractivity contribution is 0.539. The molecule has 0 aliphatic rings. The largest absolute Gasteiger partial charge is 0.314 e. The van der Waals surface area contributed by atoms with Crippen molar-refractivity contribution in [3.05, 3.63) is 0 Å². The number of thioether (sulfide) groups is 1. The van der Waals surface area contributed by atoms with Gasteiger partial charge in [-0.3, -0.25) is 0 Å². The van der Waals surface area contributed by atoms with E-state index in [4.69, 9.17) is 11.0 Å². The fourth-order valence-corrected chi connectivity index (χ4v) is 2.02. The molecule has 2 atom stereocenters. The number of nitrogens with two attached hydrogens (primary N) is 1. The Labute approximate surface area is 92.2 Å². The molecular weight excluding hydrogens is 192 g/mol. The lowest BCUT2D eigenvalue weighted by Crippen LogP contribution is -2.34. The van der Waals surface area contributed by atoms with Gasteiger partial charge in [0.1, 0.15) is 5.54 Å². The van der Waals surface area contributed by atoms with Gasteiger partial charge in [0.05, 0.1) is 6.07 Å². The van der Waals surface area contributed by atoms with Gasteiger partial charge in [-0.05, 0) is 31.4 Å². The Morgan fingerprint density at radius 3 is 2.43 bits per heavy atom. The normalized spacial score (nSPS) is 17.5. The van der Waals surface area contributed by atoms with Crippen molar-refractivity contribution in [2.75, 3.05) is 5.75 Å². The Morgan fingerprint density at radius 2 is 2.00 bits per heavy atom. The number of nitriles is 1. The van der Waals surface area contributed by atoms with Crippen LogP contribution in [0.4, 0.5) is 0 Å². The minimum Gasteiger partial charge on any atom is -0.314 e. The first-order chi connectivity index (χ1) is 6.39. The third-order valence-corrected chi connectivity index (χ3v) is 4.01. The van der Waals surface area contributed by atoms with Gasteiger partial charge in [0, 0.05) is 5.25 Å². The van der Waals surface area contributed by atoms with Crippen molar-refractivity contribution < 1.29 is 0 Å². The maximum absolute atomic E-state index is 8.71. The van der Waals surface area contributed by atoms with Gasteiger partial charge in [-0.25, -0.2) is 0 Å². The molecule has 0 spiro atoms. The highest BCUT2D eigenvalue weighted by Gasteiger charge is 2.16. The van der Waals surface area contributed by atoms with Crippen molar-refractivity contribution in [1.82, 2.24) is 0 Å². The van der Waals surface area contributed by atoms with E-state index in [1.165, 1.54) is 0 Å². The van der Waals surface area contributed by atoms with Crippen molar-refractivity contribution in [2.24, 2.45) is 11.7 Å². The van der Waals surface area contributed by atoms with E-state index in [-0.39, 0.29) is 0 Å². The standard InChI is InChI=1S/C11H22N2S/c1-9(2)10(3)14-7-5-6-11(4,13)8-12/h9-10H,5-7,13H2,1-4H3. The first kappa shape index (κ1) is 13.8. The zero-order chi connectivity index (χ0) is 11.2. The topological polar surface area (TPSA) is 49.8 Å². The maximum atomic E-state index is 8.71. The van der Waals surface area contributed by atoms with Gasteiger partial charge in [0.2, 0.25) is 0 Å². The molecule has 82 valence electrons. The number of hydrogen-bond donors (Lipinski definition) is 1. The first-order valence-corrected chi connectivity index (χ1v) is 6.25. The van der Waals surface area contributed by atoms with Crippen molar-refractivity contribution in [2.45, 2.75) is 51.3 Å². The minimum atomic E-state index is -0.637. The second-order valence-corrected chi connectivity index (χ2v) is 5.94. The average Bonchev–Trinajstić information content (AvgIpc) is 2.12. The Kier molecular flexibility index (Phi) is 6.22. The van der Waals surface area contributed by atoms with Crippen LogP contribution in [0.2, 0.25) is 0 Å². The average molecular weight is 214 g/mol. The van der Waals surface area contributed by atoms with Crippen LogP contribution < -0.4 is 5.73 Å². The van der Waals surface area contributed by atoms with E-state index in [1.54, 1.807) is 6.92 Å². The molecule has 0 saturated carbocycles. The Morgan fingerprint density at radius 1 is 1.43 bits per heavy atom. The minimum absolute atomic E-state index is 0.637. The Balaban J connectivity index is 3.53. The zero-order valence-corrected chi connectivity index (χ0v) is 10.5. The highest BCUT2D eigenvalue weighted by Crippen LogP contribution is 2.21. The molecule has 2 nitrogen and oxygen atoms in total. The smallest absolute Gasteiger partial charge is 0.101 e. The summed E-state index contributed by atoms with van der Waals surface area (Å²) in [5.41, 5.74) is 5.09. The van der Waals surface area contributed by atoms with Gasteiger partial charge in [-0.15, -0.1) is 0 Å². The molecule has 0 aliphatic carbocycles. The molecule has 2 N–H and O–H groups in total. The fourth-order valence-electron chi connectivity index (χ4n) is 0.957. The Hall–Kier alpha value is -0.200. The molecule has 0 saturated heterocycles. The van der Waals surface area contributed by atoms with Gasteiger partial charge in [-0.2, -0.15) is 17.0 Å². The number of nitrogens with zero attached hydrogens (tertiary/aromatic N) is 1. The van der Waals surface area contributed by atoms with Gasteiger partial charge >= 0.3 is 0 Å².